The third-order valence-electron chi connectivity index (χ3n) is 2.12. The van der Waals surface area contributed by atoms with Crippen molar-refractivity contribution in [3.05, 3.63) is 58.2 Å². The standard InChI is InChI=1S/C12H10BrNS/c13-10-6-7-12(15)14-11(10)8-9-4-2-1-3-5-9/h1-7H,8H2,(H,14,15). The van der Waals surface area contributed by atoms with E-state index in [1.54, 1.807) is 0 Å². The topological polar surface area (TPSA) is 12.9 Å². The molecule has 0 fully saturated rings. The van der Waals surface area contributed by atoms with Gasteiger partial charge in [-0.25, -0.2) is 4.98 Å². The Hall–Kier alpha value is -0.800. The highest BCUT2D eigenvalue weighted by atomic mass is 79.9. The number of pyridine rings is 1. The van der Waals surface area contributed by atoms with Crippen molar-refractivity contribution in [3.8, 4) is 0 Å². The van der Waals surface area contributed by atoms with Crippen molar-refractivity contribution in [2.24, 2.45) is 0 Å². The van der Waals surface area contributed by atoms with Crippen molar-refractivity contribution >= 4 is 28.6 Å². The molecular weight excluding hydrogens is 270 g/mol. The van der Waals surface area contributed by atoms with Gasteiger partial charge in [-0.3, -0.25) is 0 Å². The fourth-order valence-corrected chi connectivity index (χ4v) is 1.94. The van der Waals surface area contributed by atoms with Crippen molar-refractivity contribution < 1.29 is 0 Å². The first kappa shape index (κ1) is 10.7. The van der Waals surface area contributed by atoms with Gasteiger partial charge in [-0.05, 0) is 33.6 Å². The third-order valence-corrected chi connectivity index (χ3v) is 3.09. The van der Waals surface area contributed by atoms with Crippen molar-refractivity contribution in [2.75, 3.05) is 0 Å². The normalized spacial score (nSPS) is 10.3. The van der Waals surface area contributed by atoms with E-state index in [4.69, 9.17) is 0 Å². The average molecular weight is 280 g/mol. The van der Waals surface area contributed by atoms with Gasteiger partial charge in [0.05, 0.1) is 10.7 Å². The van der Waals surface area contributed by atoms with Gasteiger partial charge in [0, 0.05) is 10.9 Å². The summed E-state index contributed by atoms with van der Waals surface area (Å²) in [5.74, 6) is 0. The van der Waals surface area contributed by atoms with Crippen LogP contribution in [0.1, 0.15) is 11.3 Å². The summed E-state index contributed by atoms with van der Waals surface area (Å²) in [5.41, 5.74) is 2.28. The molecule has 2 aromatic rings. The van der Waals surface area contributed by atoms with Gasteiger partial charge < -0.3 is 0 Å². The van der Waals surface area contributed by atoms with E-state index < -0.39 is 0 Å². The number of aromatic nitrogens is 1. The maximum atomic E-state index is 4.39. The molecule has 2 rings (SSSR count). The summed E-state index contributed by atoms with van der Waals surface area (Å²) in [7, 11) is 0. The lowest BCUT2D eigenvalue weighted by Gasteiger charge is -2.04. The van der Waals surface area contributed by atoms with Gasteiger partial charge in [-0.1, -0.05) is 30.3 Å². The Kier molecular flexibility index (Phi) is 3.44. The van der Waals surface area contributed by atoms with Gasteiger partial charge in [0.15, 0.2) is 0 Å². The Morgan fingerprint density at radius 2 is 1.80 bits per heavy atom. The highest BCUT2D eigenvalue weighted by Gasteiger charge is 2.03. The van der Waals surface area contributed by atoms with Crippen molar-refractivity contribution in [1.82, 2.24) is 4.98 Å². The van der Waals surface area contributed by atoms with Crippen LogP contribution in [0.4, 0.5) is 0 Å². The van der Waals surface area contributed by atoms with Crippen LogP contribution in [-0.2, 0) is 6.42 Å². The molecule has 1 nitrogen and oxygen atoms in total. The highest BCUT2D eigenvalue weighted by molar-refractivity contribution is 9.10. The molecule has 0 atom stereocenters. The van der Waals surface area contributed by atoms with E-state index in [0.29, 0.717) is 0 Å². The zero-order valence-electron chi connectivity index (χ0n) is 8.02. The van der Waals surface area contributed by atoms with Crippen LogP contribution in [-0.4, -0.2) is 4.98 Å². The van der Waals surface area contributed by atoms with Crippen molar-refractivity contribution in [2.45, 2.75) is 11.4 Å². The molecule has 1 aromatic heterocycles. The Morgan fingerprint density at radius 3 is 2.53 bits per heavy atom. The minimum atomic E-state index is 0.754. The van der Waals surface area contributed by atoms with Gasteiger partial charge >= 0.3 is 0 Å². The summed E-state index contributed by atoms with van der Waals surface area (Å²) in [6.07, 6.45) is 0.829. The maximum Gasteiger partial charge on any atom is 0.0933 e. The molecule has 0 unspecified atom stereocenters. The Bertz CT molecular complexity index is 456. The minimum absolute atomic E-state index is 0.754. The van der Waals surface area contributed by atoms with Crippen LogP contribution in [0.3, 0.4) is 0 Å². The van der Waals surface area contributed by atoms with Gasteiger partial charge in [-0.15, -0.1) is 12.6 Å². The quantitative estimate of drug-likeness (QED) is 0.827. The second-order valence-electron chi connectivity index (χ2n) is 3.26. The van der Waals surface area contributed by atoms with Crippen LogP contribution in [0.25, 0.3) is 0 Å². The number of halogens is 1. The molecule has 0 aliphatic heterocycles. The van der Waals surface area contributed by atoms with Gasteiger partial charge in [-0.2, -0.15) is 0 Å². The lowest BCUT2D eigenvalue weighted by Crippen LogP contribution is -1.94. The van der Waals surface area contributed by atoms with Crippen LogP contribution in [0.5, 0.6) is 0 Å². The fourth-order valence-electron chi connectivity index (χ4n) is 1.39. The molecule has 0 saturated heterocycles. The fraction of sp³-hybridized carbons (Fsp3) is 0.0833. The summed E-state index contributed by atoms with van der Waals surface area (Å²) in [6, 6.07) is 14.1. The predicted octanol–water partition coefficient (Wildman–Crippen LogP) is 3.72. The van der Waals surface area contributed by atoms with E-state index in [-0.39, 0.29) is 0 Å². The molecule has 0 N–H and O–H groups in total. The van der Waals surface area contributed by atoms with Gasteiger partial charge in [0.2, 0.25) is 0 Å². The molecule has 0 aliphatic carbocycles. The SMILES string of the molecule is Sc1ccc(Br)c(Cc2ccccc2)n1. The second-order valence-corrected chi connectivity index (χ2v) is 4.57. The van der Waals surface area contributed by atoms with Crippen LogP contribution in [0.2, 0.25) is 0 Å². The summed E-state index contributed by atoms with van der Waals surface area (Å²) < 4.78 is 1.03. The highest BCUT2D eigenvalue weighted by Crippen LogP contribution is 2.19. The number of hydrogen-bond acceptors (Lipinski definition) is 2. The summed E-state index contributed by atoms with van der Waals surface area (Å²) in [4.78, 5) is 4.39. The van der Waals surface area contributed by atoms with Crippen LogP contribution in [0, 0.1) is 0 Å². The molecule has 0 bridgehead atoms. The molecule has 15 heavy (non-hydrogen) atoms. The molecule has 76 valence electrons. The number of nitrogens with zero attached hydrogens (tertiary/aromatic N) is 1. The lowest BCUT2D eigenvalue weighted by molar-refractivity contribution is 0.989. The first-order valence-electron chi connectivity index (χ1n) is 4.64. The molecule has 0 amide bonds. The molecule has 3 heteroatoms. The second kappa shape index (κ2) is 4.81. The van der Waals surface area contributed by atoms with E-state index in [1.807, 2.05) is 30.3 Å². The molecule has 1 aromatic carbocycles. The Labute approximate surface area is 103 Å². The average Bonchev–Trinajstić information content (AvgIpc) is 2.25. The van der Waals surface area contributed by atoms with E-state index >= 15 is 0 Å². The molecule has 1 heterocycles. The third kappa shape index (κ3) is 2.83. The predicted molar refractivity (Wildman–Crippen MR) is 68.4 cm³/mol. The lowest BCUT2D eigenvalue weighted by atomic mass is 10.1. The van der Waals surface area contributed by atoms with Crippen molar-refractivity contribution in [1.29, 1.82) is 0 Å². The van der Waals surface area contributed by atoms with E-state index in [9.17, 15) is 0 Å². The summed E-state index contributed by atoms with van der Waals surface area (Å²) >= 11 is 7.73. The van der Waals surface area contributed by atoms with Crippen LogP contribution >= 0.6 is 28.6 Å². The maximum absolute atomic E-state index is 4.39. The van der Waals surface area contributed by atoms with Crippen LogP contribution < -0.4 is 0 Å². The number of thiol groups is 1. The first-order valence-corrected chi connectivity index (χ1v) is 5.88. The summed E-state index contributed by atoms with van der Waals surface area (Å²) in [6.45, 7) is 0. The van der Waals surface area contributed by atoms with E-state index in [1.165, 1.54) is 5.56 Å². The monoisotopic (exact) mass is 279 g/mol. The molecule has 0 radical (unpaired) electrons. The van der Waals surface area contributed by atoms with E-state index in [0.717, 1.165) is 21.6 Å². The zero-order valence-corrected chi connectivity index (χ0v) is 10.5. The first-order chi connectivity index (χ1) is 7.25. The summed E-state index contributed by atoms with van der Waals surface area (Å²) in [5, 5.41) is 0.754. The number of rotatable bonds is 2. The van der Waals surface area contributed by atoms with Crippen LogP contribution in [0.15, 0.2) is 52.0 Å². The number of hydrogen-bond donors (Lipinski definition) is 1. The Balaban J connectivity index is 2.28. The molecule has 0 spiro atoms. The number of benzene rings is 1. The molecule has 0 aliphatic rings. The Morgan fingerprint density at radius 1 is 1.07 bits per heavy atom. The minimum Gasteiger partial charge on any atom is -0.245 e. The smallest absolute Gasteiger partial charge is 0.0933 e. The molecular formula is C12H10BrNS. The largest absolute Gasteiger partial charge is 0.245 e. The van der Waals surface area contributed by atoms with E-state index in [2.05, 4.69) is 45.7 Å². The molecule has 0 saturated carbocycles. The van der Waals surface area contributed by atoms with Crippen molar-refractivity contribution in [3.63, 3.8) is 0 Å². The van der Waals surface area contributed by atoms with Gasteiger partial charge in [0.1, 0.15) is 0 Å². The zero-order chi connectivity index (χ0) is 10.7. The van der Waals surface area contributed by atoms with Gasteiger partial charge in [0.25, 0.3) is 0 Å².